The lowest BCUT2D eigenvalue weighted by Gasteiger charge is -2.10. The first-order valence-electron chi connectivity index (χ1n) is 4.70. The molecule has 1 N–H and O–H groups in total. The van der Waals surface area contributed by atoms with Crippen LogP contribution in [0, 0.1) is 0 Å². The second-order valence-corrected chi connectivity index (χ2v) is 4.76. The van der Waals surface area contributed by atoms with E-state index >= 15 is 0 Å². The van der Waals surface area contributed by atoms with Crippen molar-refractivity contribution < 1.29 is 9.90 Å². The fraction of sp³-hybridized carbons (Fsp3) is 0.0833. The second kappa shape index (κ2) is 4.68. The Morgan fingerprint density at radius 1 is 1.31 bits per heavy atom. The number of thiophene rings is 1. The van der Waals surface area contributed by atoms with Crippen LogP contribution in [0.15, 0.2) is 41.8 Å². The Morgan fingerprint density at radius 3 is 2.69 bits per heavy atom. The average molecular weight is 253 g/mol. The molecule has 4 heteroatoms. The average Bonchev–Trinajstić information content (AvgIpc) is 2.71. The molecule has 2 rings (SSSR count). The summed E-state index contributed by atoms with van der Waals surface area (Å²) in [4.78, 5) is 12.1. The highest BCUT2D eigenvalue weighted by Gasteiger charge is 2.22. The standard InChI is InChI=1S/C12H9ClO2S/c13-9-4-1-3-8(7-9)11(12(14)15)10-5-2-6-16-10/h1-7,11H,(H,14,15). The highest BCUT2D eigenvalue weighted by molar-refractivity contribution is 7.10. The number of hydrogen-bond donors (Lipinski definition) is 1. The molecule has 2 nitrogen and oxygen atoms in total. The van der Waals surface area contributed by atoms with Crippen LogP contribution in [-0.2, 0) is 4.79 Å². The van der Waals surface area contributed by atoms with Gasteiger partial charge in [0.05, 0.1) is 0 Å². The van der Waals surface area contributed by atoms with Gasteiger partial charge in [0.15, 0.2) is 0 Å². The van der Waals surface area contributed by atoms with Gasteiger partial charge in [-0.25, -0.2) is 0 Å². The molecule has 1 atom stereocenters. The highest BCUT2D eigenvalue weighted by atomic mass is 35.5. The molecule has 1 unspecified atom stereocenters. The van der Waals surface area contributed by atoms with Crippen molar-refractivity contribution in [2.75, 3.05) is 0 Å². The van der Waals surface area contributed by atoms with Crippen molar-refractivity contribution in [2.45, 2.75) is 5.92 Å². The largest absolute Gasteiger partial charge is 0.481 e. The summed E-state index contributed by atoms with van der Waals surface area (Å²) in [5, 5.41) is 11.7. The molecule has 0 spiro atoms. The first-order valence-corrected chi connectivity index (χ1v) is 5.96. The van der Waals surface area contributed by atoms with Crippen molar-refractivity contribution in [3.63, 3.8) is 0 Å². The Labute approximate surface area is 102 Å². The number of aliphatic carboxylic acids is 1. The van der Waals surface area contributed by atoms with Crippen LogP contribution in [0.4, 0.5) is 0 Å². The Bertz CT molecular complexity index is 493. The van der Waals surface area contributed by atoms with Crippen LogP contribution in [0.1, 0.15) is 16.4 Å². The van der Waals surface area contributed by atoms with E-state index in [4.69, 9.17) is 11.6 Å². The summed E-state index contributed by atoms with van der Waals surface area (Å²) in [6.45, 7) is 0. The van der Waals surface area contributed by atoms with Crippen molar-refractivity contribution in [3.05, 3.63) is 57.2 Å². The molecular formula is C12H9ClO2S. The van der Waals surface area contributed by atoms with Crippen molar-refractivity contribution in [1.29, 1.82) is 0 Å². The number of hydrogen-bond acceptors (Lipinski definition) is 2. The SMILES string of the molecule is O=C(O)C(c1cccc(Cl)c1)c1cccs1. The lowest BCUT2D eigenvalue weighted by Crippen LogP contribution is -2.11. The summed E-state index contributed by atoms with van der Waals surface area (Å²) in [6, 6.07) is 10.6. The van der Waals surface area contributed by atoms with Gasteiger partial charge in [0.25, 0.3) is 0 Å². The molecule has 0 aliphatic heterocycles. The van der Waals surface area contributed by atoms with Crippen molar-refractivity contribution >= 4 is 28.9 Å². The normalized spacial score (nSPS) is 12.3. The molecule has 0 bridgehead atoms. The minimum Gasteiger partial charge on any atom is -0.481 e. The quantitative estimate of drug-likeness (QED) is 0.906. The Morgan fingerprint density at radius 2 is 2.12 bits per heavy atom. The summed E-state index contributed by atoms with van der Waals surface area (Å²) >= 11 is 7.30. The van der Waals surface area contributed by atoms with E-state index < -0.39 is 11.9 Å². The molecule has 0 fully saturated rings. The fourth-order valence-corrected chi connectivity index (χ4v) is 2.61. The minimum atomic E-state index is -0.857. The summed E-state index contributed by atoms with van der Waals surface area (Å²) < 4.78 is 0. The van der Waals surface area contributed by atoms with Gasteiger partial charge >= 0.3 is 5.97 Å². The van der Waals surface area contributed by atoms with Crippen LogP contribution in [-0.4, -0.2) is 11.1 Å². The topological polar surface area (TPSA) is 37.3 Å². The predicted molar refractivity (Wildman–Crippen MR) is 65.2 cm³/mol. The molecule has 1 aromatic carbocycles. The van der Waals surface area contributed by atoms with Crippen LogP contribution < -0.4 is 0 Å². The first kappa shape index (κ1) is 11.2. The zero-order valence-electron chi connectivity index (χ0n) is 8.26. The molecule has 0 radical (unpaired) electrons. The summed E-state index contributed by atoms with van der Waals surface area (Å²) in [6.07, 6.45) is 0. The Hall–Kier alpha value is -1.32. The lowest BCUT2D eigenvalue weighted by atomic mass is 9.98. The molecule has 2 aromatic rings. The molecule has 82 valence electrons. The summed E-state index contributed by atoms with van der Waals surface area (Å²) in [7, 11) is 0. The van der Waals surface area contributed by atoms with E-state index in [1.807, 2.05) is 17.5 Å². The smallest absolute Gasteiger partial charge is 0.316 e. The van der Waals surface area contributed by atoms with Gasteiger partial charge in [-0.15, -0.1) is 11.3 Å². The highest BCUT2D eigenvalue weighted by Crippen LogP contribution is 2.29. The molecule has 0 saturated carbocycles. The fourth-order valence-electron chi connectivity index (χ4n) is 1.57. The van der Waals surface area contributed by atoms with Gasteiger partial charge in [0, 0.05) is 9.90 Å². The van der Waals surface area contributed by atoms with Crippen LogP contribution in [0.3, 0.4) is 0 Å². The predicted octanol–water partition coefficient (Wildman–Crippen LogP) is 3.62. The molecule has 1 aromatic heterocycles. The minimum absolute atomic E-state index is 0.556. The van der Waals surface area contributed by atoms with E-state index in [0.29, 0.717) is 10.6 Å². The van der Waals surface area contributed by atoms with Crippen molar-refractivity contribution in [2.24, 2.45) is 0 Å². The zero-order valence-corrected chi connectivity index (χ0v) is 9.83. The van der Waals surface area contributed by atoms with E-state index in [1.165, 1.54) is 11.3 Å². The first-order chi connectivity index (χ1) is 7.68. The van der Waals surface area contributed by atoms with Gasteiger partial charge in [0.2, 0.25) is 0 Å². The molecule has 0 saturated heterocycles. The molecule has 0 aliphatic rings. The maximum absolute atomic E-state index is 11.3. The number of carboxylic acids is 1. The van der Waals surface area contributed by atoms with E-state index in [-0.39, 0.29) is 0 Å². The Kier molecular flexibility index (Phi) is 3.27. The van der Waals surface area contributed by atoms with Gasteiger partial charge in [-0.2, -0.15) is 0 Å². The number of rotatable bonds is 3. The number of benzene rings is 1. The van der Waals surface area contributed by atoms with Crippen LogP contribution >= 0.6 is 22.9 Å². The summed E-state index contributed by atoms with van der Waals surface area (Å²) in [5.41, 5.74) is 0.711. The molecule has 0 aliphatic carbocycles. The maximum Gasteiger partial charge on any atom is 0.316 e. The zero-order chi connectivity index (χ0) is 11.5. The van der Waals surface area contributed by atoms with Gasteiger partial charge in [-0.3, -0.25) is 4.79 Å². The van der Waals surface area contributed by atoms with Gasteiger partial charge in [-0.05, 0) is 29.1 Å². The van der Waals surface area contributed by atoms with E-state index in [1.54, 1.807) is 24.3 Å². The van der Waals surface area contributed by atoms with Crippen molar-refractivity contribution in [3.8, 4) is 0 Å². The monoisotopic (exact) mass is 252 g/mol. The second-order valence-electron chi connectivity index (χ2n) is 3.34. The number of halogens is 1. The molecule has 0 amide bonds. The third kappa shape index (κ3) is 2.26. The summed E-state index contributed by atoms with van der Waals surface area (Å²) in [5.74, 6) is -1.48. The van der Waals surface area contributed by atoms with E-state index in [2.05, 4.69) is 0 Å². The number of carboxylic acid groups (broad SMARTS) is 1. The lowest BCUT2D eigenvalue weighted by molar-refractivity contribution is -0.137. The van der Waals surface area contributed by atoms with E-state index in [9.17, 15) is 9.90 Å². The van der Waals surface area contributed by atoms with Gasteiger partial charge in [-0.1, -0.05) is 29.8 Å². The molecular weight excluding hydrogens is 244 g/mol. The maximum atomic E-state index is 11.3. The van der Waals surface area contributed by atoms with Crippen LogP contribution in [0.2, 0.25) is 5.02 Å². The third-order valence-electron chi connectivity index (χ3n) is 2.26. The molecule has 16 heavy (non-hydrogen) atoms. The van der Waals surface area contributed by atoms with Gasteiger partial charge in [0.1, 0.15) is 5.92 Å². The number of carbonyl (C=O) groups is 1. The van der Waals surface area contributed by atoms with Crippen molar-refractivity contribution in [1.82, 2.24) is 0 Å². The van der Waals surface area contributed by atoms with Crippen LogP contribution in [0.25, 0.3) is 0 Å². The van der Waals surface area contributed by atoms with Gasteiger partial charge < -0.3 is 5.11 Å². The van der Waals surface area contributed by atoms with E-state index in [0.717, 1.165) is 4.88 Å². The third-order valence-corrected chi connectivity index (χ3v) is 3.43. The Balaban J connectivity index is 2.45. The molecule has 1 heterocycles. The van der Waals surface area contributed by atoms with Crippen LogP contribution in [0.5, 0.6) is 0 Å².